The molecular weight excluding hydrogens is 468 g/mol. The first kappa shape index (κ1) is 27.2. The molecule has 0 unspecified atom stereocenters. The molecule has 0 amide bonds. The van der Waals surface area contributed by atoms with Crippen LogP contribution < -0.4 is 14.2 Å². The van der Waals surface area contributed by atoms with Crippen LogP contribution in [0.25, 0.3) is 0 Å². The molecule has 6 heteroatoms. The normalized spacial score (nSPS) is 9.84. The van der Waals surface area contributed by atoms with Crippen LogP contribution in [-0.2, 0) is 9.47 Å². The lowest BCUT2D eigenvalue weighted by atomic mass is 10.0. The number of rotatable bonds is 9. The first-order valence-electron chi connectivity index (χ1n) is 12.0. The molecule has 0 N–H and O–H groups in total. The van der Waals surface area contributed by atoms with E-state index >= 15 is 0 Å². The van der Waals surface area contributed by atoms with Gasteiger partial charge in [0.05, 0.1) is 36.5 Å². The molecule has 0 aliphatic rings. The van der Waals surface area contributed by atoms with Crippen LogP contribution in [0.3, 0.4) is 0 Å². The van der Waals surface area contributed by atoms with Crippen LogP contribution in [-0.4, -0.2) is 39.7 Å². The molecule has 0 saturated carbocycles. The van der Waals surface area contributed by atoms with Crippen molar-refractivity contribution >= 4 is 5.97 Å². The van der Waals surface area contributed by atoms with Gasteiger partial charge in [-0.25, -0.2) is 4.79 Å². The standard InChI is InChI=1S/C31H30O6/c1-5-34-28-16-10-23(11-17-28)8-14-25-20-27(31(32)36-7-3)21-26(30(25)37-22-33-4)15-9-24-12-18-29(19-13-24)35-6-2/h10-13,16-21H,5-7,22H2,1-4H3. The molecule has 0 heterocycles. The van der Waals surface area contributed by atoms with E-state index in [4.69, 9.17) is 23.7 Å². The lowest BCUT2D eigenvalue weighted by molar-refractivity contribution is 0.0504. The summed E-state index contributed by atoms with van der Waals surface area (Å²) < 4.78 is 27.2. The zero-order chi connectivity index (χ0) is 26.5. The van der Waals surface area contributed by atoms with Crippen molar-refractivity contribution in [2.75, 3.05) is 33.7 Å². The first-order valence-corrected chi connectivity index (χ1v) is 12.0. The molecule has 0 aliphatic heterocycles. The molecule has 0 aromatic heterocycles. The molecular formula is C31H30O6. The van der Waals surface area contributed by atoms with E-state index in [9.17, 15) is 4.79 Å². The predicted octanol–water partition coefficient (Wildman–Crippen LogP) is 5.44. The van der Waals surface area contributed by atoms with Crippen LogP contribution in [0.15, 0.2) is 60.7 Å². The number of methoxy groups -OCH3 is 1. The summed E-state index contributed by atoms with van der Waals surface area (Å²) in [4.78, 5) is 12.6. The second kappa shape index (κ2) is 14.2. The number of ether oxygens (including phenoxy) is 5. The summed E-state index contributed by atoms with van der Waals surface area (Å²) in [6, 6.07) is 18.2. The van der Waals surface area contributed by atoms with Crippen LogP contribution in [0, 0.1) is 23.7 Å². The predicted molar refractivity (Wildman–Crippen MR) is 142 cm³/mol. The molecule has 0 spiro atoms. The Bertz CT molecular complexity index is 1210. The third kappa shape index (κ3) is 8.07. The van der Waals surface area contributed by atoms with Gasteiger partial charge < -0.3 is 23.7 Å². The SMILES string of the molecule is CCOC(=O)c1cc(C#Cc2ccc(OCC)cc2)c(OCOC)c(C#Cc2ccc(OCC)cc2)c1. The summed E-state index contributed by atoms with van der Waals surface area (Å²) in [5.41, 5.74) is 2.88. The van der Waals surface area contributed by atoms with Crippen molar-refractivity contribution in [3.63, 3.8) is 0 Å². The molecule has 3 aromatic carbocycles. The zero-order valence-corrected chi connectivity index (χ0v) is 21.6. The van der Waals surface area contributed by atoms with Gasteiger partial charge in [0, 0.05) is 18.2 Å². The number of carbonyl (C=O) groups is 1. The average molecular weight is 499 g/mol. The van der Waals surface area contributed by atoms with Gasteiger partial charge in [-0.1, -0.05) is 23.7 Å². The maximum atomic E-state index is 12.6. The van der Waals surface area contributed by atoms with Gasteiger partial charge in [-0.05, 0) is 81.4 Å². The molecule has 3 aromatic rings. The second-order valence-electron chi connectivity index (χ2n) is 7.59. The number of benzene rings is 3. The van der Waals surface area contributed by atoms with Crippen molar-refractivity contribution < 1.29 is 28.5 Å². The Labute approximate surface area is 218 Å². The van der Waals surface area contributed by atoms with Gasteiger partial charge in [-0.15, -0.1) is 0 Å². The van der Waals surface area contributed by atoms with E-state index in [2.05, 4.69) is 23.7 Å². The number of esters is 1. The van der Waals surface area contributed by atoms with E-state index in [1.165, 1.54) is 7.11 Å². The second-order valence-corrected chi connectivity index (χ2v) is 7.59. The minimum absolute atomic E-state index is 0.00573. The highest BCUT2D eigenvalue weighted by Gasteiger charge is 2.16. The minimum atomic E-state index is -0.464. The van der Waals surface area contributed by atoms with Crippen molar-refractivity contribution in [1.29, 1.82) is 0 Å². The molecule has 37 heavy (non-hydrogen) atoms. The molecule has 0 saturated heterocycles. The summed E-state index contributed by atoms with van der Waals surface area (Å²) in [6.07, 6.45) is 0. The summed E-state index contributed by atoms with van der Waals surface area (Å²) in [5.74, 6) is 14.0. The van der Waals surface area contributed by atoms with Gasteiger partial charge in [0.2, 0.25) is 0 Å². The summed E-state index contributed by atoms with van der Waals surface area (Å²) in [7, 11) is 1.53. The van der Waals surface area contributed by atoms with Gasteiger partial charge in [-0.3, -0.25) is 0 Å². The average Bonchev–Trinajstić information content (AvgIpc) is 2.91. The summed E-state index contributed by atoms with van der Waals surface area (Å²) in [6.45, 7) is 7.05. The van der Waals surface area contributed by atoms with Gasteiger partial charge in [-0.2, -0.15) is 0 Å². The van der Waals surface area contributed by atoms with E-state index in [-0.39, 0.29) is 13.4 Å². The summed E-state index contributed by atoms with van der Waals surface area (Å²) in [5, 5.41) is 0. The van der Waals surface area contributed by atoms with Crippen LogP contribution >= 0.6 is 0 Å². The van der Waals surface area contributed by atoms with Gasteiger partial charge >= 0.3 is 5.97 Å². The van der Waals surface area contributed by atoms with Gasteiger partial charge in [0.25, 0.3) is 0 Å². The van der Waals surface area contributed by atoms with Crippen LogP contribution in [0.4, 0.5) is 0 Å². The minimum Gasteiger partial charge on any atom is -0.494 e. The smallest absolute Gasteiger partial charge is 0.338 e. The Kier molecular flexibility index (Phi) is 10.5. The lowest BCUT2D eigenvalue weighted by Gasteiger charge is -2.12. The highest BCUT2D eigenvalue weighted by atomic mass is 16.7. The summed E-state index contributed by atoms with van der Waals surface area (Å²) >= 11 is 0. The molecule has 0 fully saturated rings. The fourth-order valence-corrected chi connectivity index (χ4v) is 3.30. The van der Waals surface area contributed by atoms with Gasteiger partial charge in [0.1, 0.15) is 11.5 Å². The van der Waals surface area contributed by atoms with E-state index in [0.29, 0.717) is 35.7 Å². The van der Waals surface area contributed by atoms with Crippen LogP contribution in [0.2, 0.25) is 0 Å². The van der Waals surface area contributed by atoms with Crippen molar-refractivity contribution in [1.82, 2.24) is 0 Å². The van der Waals surface area contributed by atoms with Crippen LogP contribution in [0.1, 0.15) is 53.4 Å². The maximum absolute atomic E-state index is 12.6. The fourth-order valence-electron chi connectivity index (χ4n) is 3.30. The van der Waals surface area contributed by atoms with E-state index in [1.54, 1.807) is 19.1 Å². The highest BCUT2D eigenvalue weighted by molar-refractivity contribution is 5.91. The molecule has 3 rings (SSSR count). The van der Waals surface area contributed by atoms with Crippen molar-refractivity contribution in [2.45, 2.75) is 20.8 Å². The number of hydrogen-bond donors (Lipinski definition) is 0. The molecule has 0 radical (unpaired) electrons. The Morgan fingerprint density at radius 1 is 0.676 bits per heavy atom. The monoisotopic (exact) mass is 498 g/mol. The number of carbonyl (C=O) groups excluding carboxylic acids is 1. The third-order valence-electron chi connectivity index (χ3n) is 4.93. The lowest BCUT2D eigenvalue weighted by Crippen LogP contribution is -2.08. The maximum Gasteiger partial charge on any atom is 0.338 e. The molecule has 0 aliphatic carbocycles. The van der Waals surface area contributed by atoms with Crippen molar-refractivity contribution in [2.24, 2.45) is 0 Å². The van der Waals surface area contributed by atoms with Crippen molar-refractivity contribution in [3.05, 3.63) is 88.5 Å². The fraction of sp³-hybridized carbons (Fsp3) is 0.258. The van der Waals surface area contributed by atoms with Crippen molar-refractivity contribution in [3.8, 4) is 40.9 Å². The van der Waals surface area contributed by atoms with Gasteiger partial charge in [0.15, 0.2) is 12.5 Å². The Morgan fingerprint density at radius 2 is 1.16 bits per heavy atom. The third-order valence-corrected chi connectivity index (χ3v) is 4.93. The van der Waals surface area contributed by atoms with E-state index < -0.39 is 5.97 Å². The Hall–Kier alpha value is -4.39. The van der Waals surface area contributed by atoms with E-state index in [0.717, 1.165) is 22.6 Å². The largest absolute Gasteiger partial charge is 0.494 e. The Morgan fingerprint density at radius 3 is 1.57 bits per heavy atom. The topological polar surface area (TPSA) is 63.2 Å². The zero-order valence-electron chi connectivity index (χ0n) is 21.6. The molecule has 190 valence electrons. The number of hydrogen-bond acceptors (Lipinski definition) is 6. The quantitative estimate of drug-likeness (QED) is 0.222. The molecule has 6 nitrogen and oxygen atoms in total. The highest BCUT2D eigenvalue weighted by Crippen LogP contribution is 2.26. The molecule has 0 bridgehead atoms. The first-order chi connectivity index (χ1) is 18.1. The van der Waals surface area contributed by atoms with Crippen LogP contribution in [0.5, 0.6) is 17.2 Å². The van der Waals surface area contributed by atoms with E-state index in [1.807, 2.05) is 62.4 Å². The Balaban J connectivity index is 2.06. The molecule has 0 atom stereocenters.